The molecule has 3 aromatic carbocycles. The van der Waals surface area contributed by atoms with Crippen LogP contribution in [0.5, 0.6) is 0 Å². The summed E-state index contributed by atoms with van der Waals surface area (Å²) in [7, 11) is 0. The summed E-state index contributed by atoms with van der Waals surface area (Å²) in [5.74, 6) is 0. The quantitative estimate of drug-likeness (QED) is 0.346. The number of hydrogen-bond acceptors (Lipinski definition) is 0. The minimum Gasteiger partial charge on any atom is -1.00 e. The third-order valence-electron chi connectivity index (χ3n) is 5.43. The Bertz CT molecular complexity index is 739. The molecule has 1 aliphatic rings. The Balaban J connectivity index is 0.000000445. The maximum atomic E-state index is 3.30. The van der Waals surface area contributed by atoms with E-state index in [-0.39, 0.29) is 35.6 Å². The number of benzene rings is 2. The van der Waals surface area contributed by atoms with Crippen LogP contribution in [0.2, 0.25) is 0 Å². The number of hydrogen-bond donors (Lipinski definition) is 0. The van der Waals surface area contributed by atoms with Crippen LogP contribution in [-0.2, 0) is 32.6 Å². The van der Waals surface area contributed by atoms with Gasteiger partial charge in [-0.3, -0.25) is 0 Å². The van der Waals surface area contributed by atoms with Gasteiger partial charge in [-0.1, -0.05) is 70.0 Å². The zero-order chi connectivity index (χ0) is 16.6. The van der Waals surface area contributed by atoms with Crippen LogP contribution in [0.4, 0.5) is 0 Å². The Hall–Kier alpha value is -1.47. The third kappa shape index (κ3) is 4.44. The van der Waals surface area contributed by atoms with E-state index < -0.39 is 0 Å². The van der Waals surface area contributed by atoms with Crippen molar-refractivity contribution in [3.05, 3.63) is 87.5 Å². The number of rotatable bonds is 0. The van der Waals surface area contributed by atoms with Crippen molar-refractivity contribution in [2.24, 2.45) is 0 Å². The van der Waals surface area contributed by atoms with Crippen molar-refractivity contribution in [1.82, 2.24) is 0 Å². The average Bonchev–Trinajstić information content (AvgIpc) is 3.04. The van der Waals surface area contributed by atoms with Gasteiger partial charge in [0.1, 0.15) is 0 Å². The summed E-state index contributed by atoms with van der Waals surface area (Å²) in [6.45, 7) is 11.0. The second kappa shape index (κ2) is 10.0. The fourth-order valence-corrected chi connectivity index (χ4v) is 3.40. The van der Waals surface area contributed by atoms with Crippen molar-refractivity contribution >= 4 is 0 Å². The van der Waals surface area contributed by atoms with E-state index >= 15 is 0 Å². The third-order valence-corrected chi connectivity index (χ3v) is 5.43. The molecule has 0 radical (unpaired) electrons. The summed E-state index contributed by atoms with van der Waals surface area (Å²) >= 11 is 0. The monoisotopic (exact) mass is 428 g/mol. The Morgan fingerprint density at radius 1 is 0.808 bits per heavy atom. The molecule has 0 heterocycles. The summed E-state index contributed by atoms with van der Waals surface area (Å²) in [5.41, 5.74) is 12.8. The normalized spacial score (nSPS) is 10.2. The van der Waals surface area contributed by atoms with Gasteiger partial charge in [-0.25, -0.2) is 0 Å². The zero-order valence-electron chi connectivity index (χ0n) is 16.0. The zero-order valence-corrected chi connectivity index (χ0v) is 18.5. The fraction of sp³-hybridized carbons (Fsp3) is 0.261. The first-order valence-corrected chi connectivity index (χ1v) is 8.28. The molecule has 0 aliphatic heterocycles. The van der Waals surface area contributed by atoms with Crippen LogP contribution < -0.4 is 9.41 Å². The van der Waals surface area contributed by atoms with E-state index in [1.165, 1.54) is 50.1 Å². The Labute approximate surface area is 174 Å². The van der Waals surface area contributed by atoms with E-state index in [1.807, 2.05) is 6.07 Å². The van der Waals surface area contributed by atoms with Gasteiger partial charge < -0.3 is 9.41 Å². The van der Waals surface area contributed by atoms with E-state index in [1.54, 1.807) is 0 Å². The van der Waals surface area contributed by atoms with Crippen LogP contribution in [0.1, 0.15) is 38.9 Å². The molecule has 0 atom stereocenters. The van der Waals surface area contributed by atoms with E-state index in [0.717, 1.165) is 6.42 Å². The van der Waals surface area contributed by atoms with E-state index in [2.05, 4.69) is 77.1 Å². The molecule has 0 aromatic heterocycles. The number of halogens is 2. The molecule has 3 heteroatoms. The van der Waals surface area contributed by atoms with Crippen LogP contribution >= 0.6 is 0 Å². The molecular formula is C23H24F2Zr. The van der Waals surface area contributed by atoms with Gasteiger partial charge in [0, 0.05) is 0 Å². The average molecular weight is 430 g/mol. The Kier molecular flexibility index (Phi) is 9.45. The smallest absolute Gasteiger partial charge is 1.00 e. The first-order valence-electron chi connectivity index (χ1n) is 8.28. The first-order chi connectivity index (χ1) is 11.0. The largest absolute Gasteiger partial charge is 4.00 e. The fourth-order valence-electron chi connectivity index (χ4n) is 3.40. The molecule has 26 heavy (non-hydrogen) atoms. The summed E-state index contributed by atoms with van der Waals surface area (Å²) in [6.07, 6.45) is 1.05. The van der Waals surface area contributed by atoms with Gasteiger partial charge >= 0.3 is 26.2 Å². The van der Waals surface area contributed by atoms with Crippen molar-refractivity contribution in [3.8, 4) is 11.1 Å². The Morgan fingerprint density at radius 2 is 1.35 bits per heavy atom. The van der Waals surface area contributed by atoms with Gasteiger partial charge in [0.2, 0.25) is 0 Å². The van der Waals surface area contributed by atoms with E-state index in [0.29, 0.717) is 0 Å². The molecule has 3 aromatic rings. The minimum atomic E-state index is 0. The van der Waals surface area contributed by atoms with Crippen molar-refractivity contribution in [2.75, 3.05) is 0 Å². The topological polar surface area (TPSA) is 0 Å². The maximum Gasteiger partial charge on any atom is 4.00 e. The van der Waals surface area contributed by atoms with Crippen LogP contribution in [0.15, 0.2) is 42.5 Å². The summed E-state index contributed by atoms with van der Waals surface area (Å²) in [5, 5.41) is 0. The van der Waals surface area contributed by atoms with Gasteiger partial charge in [0.25, 0.3) is 0 Å². The van der Waals surface area contributed by atoms with Gasteiger partial charge in [0.15, 0.2) is 0 Å². The predicted molar refractivity (Wildman–Crippen MR) is 99.2 cm³/mol. The van der Waals surface area contributed by atoms with Crippen molar-refractivity contribution in [1.29, 1.82) is 0 Å². The van der Waals surface area contributed by atoms with Crippen LogP contribution in [0.3, 0.4) is 0 Å². The van der Waals surface area contributed by atoms with Gasteiger partial charge in [-0.15, -0.1) is 5.56 Å². The van der Waals surface area contributed by atoms with Crippen molar-refractivity contribution < 1.29 is 35.6 Å². The van der Waals surface area contributed by atoms with Crippen LogP contribution in [0, 0.1) is 40.7 Å². The van der Waals surface area contributed by atoms with Gasteiger partial charge in [0.05, 0.1) is 0 Å². The molecule has 0 saturated heterocycles. The molecule has 134 valence electrons. The minimum absolute atomic E-state index is 0. The van der Waals surface area contributed by atoms with Crippen LogP contribution in [0.25, 0.3) is 11.1 Å². The summed E-state index contributed by atoms with van der Waals surface area (Å²) < 4.78 is 0. The standard InChI is InChI=1S/C13H9.C10H15.2FH.Zr/c1-3-7-12-10(5-1)9-11-6-2-4-8-13(11)12;1-6-7(2)9(4)10(5)8(6)3;;;/h1-5,7-8H,9H2;1-5H3;2*1H;/q2*-1;;;+4/p-2. The molecular weight excluding hydrogens is 405 g/mol. The van der Waals surface area contributed by atoms with Crippen molar-refractivity contribution in [3.63, 3.8) is 0 Å². The Morgan fingerprint density at radius 3 is 1.88 bits per heavy atom. The van der Waals surface area contributed by atoms with E-state index in [4.69, 9.17) is 0 Å². The molecule has 4 rings (SSSR count). The SMILES string of the molecule is Cc1c(C)c(C)[c-](C)c1C.[F-].[F-].[Zr+4].[c-]1cccc2c1Cc1ccccc1-2. The predicted octanol–water partition coefficient (Wildman–Crippen LogP) is 0.0111. The van der Waals surface area contributed by atoms with Gasteiger partial charge in [-0.05, 0) is 6.42 Å². The molecule has 0 amide bonds. The molecule has 0 bridgehead atoms. The second-order valence-corrected chi connectivity index (χ2v) is 6.52. The number of fused-ring (bicyclic) bond motifs is 3. The molecule has 0 spiro atoms. The van der Waals surface area contributed by atoms with Crippen molar-refractivity contribution in [2.45, 2.75) is 41.0 Å². The molecule has 0 fully saturated rings. The van der Waals surface area contributed by atoms with Gasteiger partial charge in [-0.2, -0.15) is 57.6 Å². The van der Waals surface area contributed by atoms with Crippen LogP contribution in [-0.4, -0.2) is 0 Å². The molecule has 0 saturated carbocycles. The first kappa shape index (κ1) is 24.5. The van der Waals surface area contributed by atoms with E-state index in [9.17, 15) is 0 Å². The molecule has 0 N–H and O–H groups in total. The molecule has 0 nitrogen and oxygen atoms in total. The molecule has 1 aliphatic carbocycles. The summed E-state index contributed by atoms with van der Waals surface area (Å²) in [4.78, 5) is 0. The second-order valence-electron chi connectivity index (χ2n) is 6.52. The maximum absolute atomic E-state index is 3.30. The molecule has 0 unspecified atom stereocenters. The summed E-state index contributed by atoms with van der Waals surface area (Å²) in [6, 6.07) is 18.1.